The van der Waals surface area contributed by atoms with E-state index in [1.165, 1.54) is 64.7 Å². The minimum Gasteiger partial charge on any atom is -0.463 e. The molecule has 0 bridgehead atoms. The van der Waals surface area contributed by atoms with Gasteiger partial charge in [0.2, 0.25) is 0 Å². The van der Waals surface area contributed by atoms with Gasteiger partial charge < -0.3 is 52.1 Å². The maximum atomic E-state index is 10.6. The Morgan fingerprint density at radius 3 is 0.783 bits per heavy atom. The minimum absolute atomic E-state index is 0.262. The molecule has 0 aliphatic rings. The topological polar surface area (TPSA) is 119 Å². The molecule has 0 saturated carbocycles. The molecule has 276 valence electrons. The Hall–Kier alpha value is -0.930. The summed E-state index contributed by atoms with van der Waals surface area (Å²) in [6.45, 7) is 14.5. The molecular weight excluding hydrogens is 600 g/mol. The van der Waals surface area contributed by atoms with Crippen molar-refractivity contribution in [2.24, 2.45) is 0 Å². The van der Waals surface area contributed by atoms with E-state index < -0.39 is 0 Å². The van der Waals surface area contributed by atoms with E-state index in [9.17, 15) is 4.79 Å². The third kappa shape index (κ3) is 43.1. The number of carbonyl (C=O) groups excluding carboxylic acids is 1. The summed E-state index contributed by atoms with van der Waals surface area (Å²) >= 11 is 0. The van der Waals surface area contributed by atoms with Gasteiger partial charge >= 0.3 is 5.97 Å². The third-order valence-electron chi connectivity index (χ3n) is 6.52. The summed E-state index contributed by atoms with van der Waals surface area (Å²) in [5.41, 5.74) is 0. The standard InChI is InChI=1S/C34H68O12/c1-3-4-5-6-7-8-9-10-11-12-13-36-14-15-37-16-17-38-18-19-39-20-21-40-22-23-41-24-25-42-26-27-43-28-29-44-30-31-45-32-33-46-34(2)35/h3-33H2,1-2H3. The van der Waals surface area contributed by atoms with Gasteiger partial charge in [0, 0.05) is 13.5 Å². The van der Waals surface area contributed by atoms with Crippen LogP contribution >= 0.6 is 0 Å². The van der Waals surface area contributed by atoms with Gasteiger partial charge in [0.05, 0.1) is 126 Å². The number of esters is 1. The maximum Gasteiger partial charge on any atom is 0.302 e. The van der Waals surface area contributed by atoms with Gasteiger partial charge in [0.1, 0.15) is 6.61 Å². The molecule has 0 rings (SSSR count). The summed E-state index contributed by atoms with van der Waals surface area (Å²) in [7, 11) is 0. The first-order valence-electron chi connectivity index (χ1n) is 17.7. The molecule has 0 atom stereocenters. The largest absolute Gasteiger partial charge is 0.463 e. The van der Waals surface area contributed by atoms with Crippen LogP contribution < -0.4 is 0 Å². The second-order valence-electron chi connectivity index (χ2n) is 10.6. The van der Waals surface area contributed by atoms with E-state index in [1.807, 2.05) is 0 Å². The van der Waals surface area contributed by atoms with Crippen LogP contribution in [0.1, 0.15) is 78.1 Å². The van der Waals surface area contributed by atoms with Crippen LogP contribution in [-0.4, -0.2) is 145 Å². The normalized spacial score (nSPS) is 11.4. The van der Waals surface area contributed by atoms with Gasteiger partial charge in [-0.1, -0.05) is 64.7 Å². The van der Waals surface area contributed by atoms with Crippen molar-refractivity contribution in [1.29, 1.82) is 0 Å². The van der Waals surface area contributed by atoms with Gasteiger partial charge in [0.15, 0.2) is 0 Å². The van der Waals surface area contributed by atoms with Crippen LogP contribution in [0.3, 0.4) is 0 Å². The van der Waals surface area contributed by atoms with Gasteiger partial charge in [-0.25, -0.2) is 0 Å². The van der Waals surface area contributed by atoms with E-state index in [0.717, 1.165) is 13.0 Å². The quantitative estimate of drug-likeness (QED) is 0.0667. The van der Waals surface area contributed by atoms with Gasteiger partial charge in [-0.15, -0.1) is 0 Å². The smallest absolute Gasteiger partial charge is 0.302 e. The van der Waals surface area contributed by atoms with Crippen molar-refractivity contribution in [2.45, 2.75) is 78.1 Å². The average molecular weight is 669 g/mol. The molecule has 0 amide bonds. The Bertz CT molecular complexity index is 570. The average Bonchev–Trinajstić information content (AvgIpc) is 3.05. The minimum atomic E-state index is -0.307. The summed E-state index contributed by atoms with van der Waals surface area (Å²) in [6, 6.07) is 0. The van der Waals surface area contributed by atoms with Crippen LogP contribution in [0.15, 0.2) is 0 Å². The van der Waals surface area contributed by atoms with E-state index in [2.05, 4.69) is 6.92 Å². The molecule has 12 nitrogen and oxygen atoms in total. The predicted octanol–water partition coefficient (Wildman–Crippen LogP) is 4.64. The molecule has 0 fully saturated rings. The van der Waals surface area contributed by atoms with E-state index in [4.69, 9.17) is 52.1 Å². The molecule has 0 N–H and O–H groups in total. The predicted molar refractivity (Wildman–Crippen MR) is 177 cm³/mol. The second kappa shape index (κ2) is 42.1. The zero-order chi connectivity index (χ0) is 33.3. The van der Waals surface area contributed by atoms with E-state index in [-0.39, 0.29) is 12.6 Å². The molecule has 0 aromatic carbocycles. The molecule has 12 heteroatoms. The van der Waals surface area contributed by atoms with Crippen molar-refractivity contribution in [3.05, 3.63) is 0 Å². The molecule has 0 aliphatic carbocycles. The van der Waals surface area contributed by atoms with Crippen molar-refractivity contribution < 1.29 is 56.9 Å². The van der Waals surface area contributed by atoms with Crippen LogP contribution in [-0.2, 0) is 56.9 Å². The number of ether oxygens (including phenoxy) is 11. The van der Waals surface area contributed by atoms with Crippen molar-refractivity contribution >= 4 is 5.97 Å². The van der Waals surface area contributed by atoms with Gasteiger partial charge in [0.25, 0.3) is 0 Å². The van der Waals surface area contributed by atoms with Gasteiger partial charge in [-0.05, 0) is 6.42 Å². The molecule has 0 aromatic rings. The highest BCUT2D eigenvalue weighted by molar-refractivity contribution is 5.65. The van der Waals surface area contributed by atoms with Crippen LogP contribution in [0.4, 0.5) is 0 Å². The Kier molecular flexibility index (Phi) is 41.2. The summed E-state index contributed by atoms with van der Waals surface area (Å²) in [5.74, 6) is -0.307. The zero-order valence-electron chi connectivity index (χ0n) is 29.3. The van der Waals surface area contributed by atoms with Crippen LogP contribution in [0, 0.1) is 0 Å². The monoisotopic (exact) mass is 668 g/mol. The van der Waals surface area contributed by atoms with Crippen molar-refractivity contribution in [2.75, 3.05) is 139 Å². The molecule has 0 unspecified atom stereocenters. The number of hydrogen-bond acceptors (Lipinski definition) is 12. The van der Waals surface area contributed by atoms with Gasteiger partial charge in [-0.3, -0.25) is 4.79 Å². The Labute approximate surface area is 279 Å². The van der Waals surface area contributed by atoms with Crippen molar-refractivity contribution in [3.63, 3.8) is 0 Å². The summed E-state index contributed by atoms with van der Waals surface area (Å²) < 4.78 is 59.4. The van der Waals surface area contributed by atoms with Crippen LogP contribution in [0.25, 0.3) is 0 Å². The summed E-state index contributed by atoms with van der Waals surface area (Å²) in [4.78, 5) is 10.6. The van der Waals surface area contributed by atoms with Crippen molar-refractivity contribution in [1.82, 2.24) is 0 Å². The fraction of sp³-hybridized carbons (Fsp3) is 0.971. The molecule has 0 radical (unpaired) electrons. The fourth-order valence-electron chi connectivity index (χ4n) is 4.02. The van der Waals surface area contributed by atoms with E-state index in [1.54, 1.807) is 0 Å². The van der Waals surface area contributed by atoms with Crippen LogP contribution in [0.2, 0.25) is 0 Å². The summed E-state index contributed by atoms with van der Waals surface area (Å²) in [6.07, 6.45) is 13.4. The molecule has 0 saturated heterocycles. The highest BCUT2D eigenvalue weighted by atomic mass is 16.6. The Morgan fingerprint density at radius 2 is 0.522 bits per heavy atom. The zero-order valence-corrected chi connectivity index (χ0v) is 29.3. The lowest BCUT2D eigenvalue weighted by atomic mass is 10.1. The fourth-order valence-corrected chi connectivity index (χ4v) is 4.02. The SMILES string of the molecule is CCCCCCCCCCCCOCCOCCOCCOCCOCCOCCOCCOCCOCCOCCOC(C)=O. The molecule has 0 aromatic heterocycles. The van der Waals surface area contributed by atoms with E-state index in [0.29, 0.717) is 126 Å². The Morgan fingerprint density at radius 1 is 0.304 bits per heavy atom. The highest BCUT2D eigenvalue weighted by Gasteiger charge is 1.97. The molecular formula is C34H68O12. The molecule has 0 heterocycles. The van der Waals surface area contributed by atoms with Crippen LogP contribution in [0.5, 0.6) is 0 Å². The highest BCUT2D eigenvalue weighted by Crippen LogP contribution is 2.10. The molecule has 46 heavy (non-hydrogen) atoms. The first-order valence-corrected chi connectivity index (χ1v) is 17.7. The molecule has 0 aliphatic heterocycles. The third-order valence-corrected chi connectivity index (χ3v) is 6.52. The number of hydrogen-bond donors (Lipinski definition) is 0. The first-order chi connectivity index (χ1) is 22.8. The Balaban J connectivity index is 3.04. The number of carbonyl (C=O) groups is 1. The first kappa shape index (κ1) is 45.1. The summed E-state index contributed by atoms with van der Waals surface area (Å²) in [5, 5.41) is 0. The van der Waals surface area contributed by atoms with E-state index >= 15 is 0 Å². The maximum absolute atomic E-state index is 10.6. The van der Waals surface area contributed by atoms with Gasteiger partial charge in [-0.2, -0.15) is 0 Å². The number of unbranched alkanes of at least 4 members (excludes halogenated alkanes) is 9. The number of rotatable bonds is 41. The second-order valence-corrected chi connectivity index (χ2v) is 10.6. The van der Waals surface area contributed by atoms with Crippen molar-refractivity contribution in [3.8, 4) is 0 Å². The lowest BCUT2D eigenvalue weighted by Gasteiger charge is -2.09. The lowest BCUT2D eigenvalue weighted by molar-refractivity contribution is -0.142. The lowest BCUT2D eigenvalue weighted by Crippen LogP contribution is -2.15. The molecule has 0 spiro atoms.